The van der Waals surface area contributed by atoms with Gasteiger partial charge in [-0.05, 0) is 31.5 Å². The van der Waals surface area contributed by atoms with E-state index in [1.165, 1.54) is 0 Å². The highest BCUT2D eigenvalue weighted by atomic mass is 16.5. The molecule has 1 atom stereocenters. The van der Waals surface area contributed by atoms with E-state index >= 15 is 0 Å². The first kappa shape index (κ1) is 7.35. The molecule has 10 heavy (non-hydrogen) atoms. The van der Waals surface area contributed by atoms with Crippen LogP contribution in [0.3, 0.4) is 0 Å². The van der Waals surface area contributed by atoms with Gasteiger partial charge in [0.25, 0.3) is 0 Å². The molecule has 2 N–H and O–H groups in total. The highest BCUT2D eigenvalue weighted by molar-refractivity contribution is 5.07. The Morgan fingerprint density at radius 2 is 2.30 bits per heavy atom. The lowest BCUT2D eigenvalue weighted by atomic mass is 10.1. The molecule has 0 aromatic heterocycles. The lowest BCUT2D eigenvalue weighted by Crippen LogP contribution is -2.10. The summed E-state index contributed by atoms with van der Waals surface area (Å²) in [6, 6.07) is 0. The molecular formula is C8H13NO. The zero-order chi connectivity index (χ0) is 7.23. The van der Waals surface area contributed by atoms with Crippen molar-refractivity contribution in [1.82, 2.24) is 0 Å². The van der Waals surface area contributed by atoms with Crippen LogP contribution in [-0.2, 0) is 4.74 Å². The molecule has 2 nitrogen and oxygen atoms in total. The number of nitrogens with two attached hydrogens (primary N) is 1. The first-order valence-electron chi connectivity index (χ1n) is 3.62. The Balaban J connectivity index is 2.17. The van der Waals surface area contributed by atoms with Crippen molar-refractivity contribution in [3.8, 4) is 0 Å². The predicted octanol–water partition coefficient (Wildman–Crippen LogP) is 1.19. The Morgan fingerprint density at radius 3 is 2.90 bits per heavy atom. The maximum Gasteiger partial charge on any atom is 0.116 e. The molecule has 0 aromatic carbocycles. The van der Waals surface area contributed by atoms with Gasteiger partial charge in [-0.15, -0.1) is 0 Å². The van der Waals surface area contributed by atoms with E-state index < -0.39 is 0 Å². The van der Waals surface area contributed by atoms with Gasteiger partial charge in [0.2, 0.25) is 0 Å². The number of hydrogen-bond acceptors (Lipinski definition) is 2. The van der Waals surface area contributed by atoms with Gasteiger partial charge in [0.15, 0.2) is 0 Å². The zero-order valence-electron chi connectivity index (χ0n) is 5.99. The van der Waals surface area contributed by atoms with Gasteiger partial charge >= 0.3 is 0 Å². The second-order valence-electron chi connectivity index (χ2n) is 2.32. The van der Waals surface area contributed by atoms with Crippen molar-refractivity contribution in [3.63, 3.8) is 0 Å². The van der Waals surface area contributed by atoms with Crippen LogP contribution in [0.5, 0.6) is 0 Å². The maximum absolute atomic E-state index is 5.35. The van der Waals surface area contributed by atoms with Crippen LogP contribution in [-0.4, -0.2) is 12.6 Å². The van der Waals surface area contributed by atoms with E-state index in [1.54, 1.807) is 6.26 Å². The van der Waals surface area contributed by atoms with Crippen molar-refractivity contribution in [2.45, 2.75) is 18.9 Å². The zero-order valence-corrected chi connectivity index (χ0v) is 5.99. The molecule has 0 fully saturated rings. The third kappa shape index (κ3) is 2.23. The van der Waals surface area contributed by atoms with Crippen LogP contribution in [0.15, 0.2) is 24.5 Å². The summed E-state index contributed by atoms with van der Waals surface area (Å²) < 4.78 is 5.26. The summed E-state index contributed by atoms with van der Waals surface area (Å²) in [5.74, 6) is 0. The van der Waals surface area contributed by atoms with Crippen molar-refractivity contribution < 1.29 is 4.74 Å². The minimum absolute atomic E-state index is 0.258. The highest BCUT2D eigenvalue weighted by Gasteiger charge is 2.03. The van der Waals surface area contributed by atoms with Gasteiger partial charge < -0.3 is 10.5 Å². The summed E-state index contributed by atoms with van der Waals surface area (Å²) in [4.78, 5) is 0. The van der Waals surface area contributed by atoms with Crippen LogP contribution in [0.25, 0.3) is 0 Å². The molecule has 1 aliphatic rings. The average molecular weight is 139 g/mol. The van der Waals surface area contributed by atoms with Gasteiger partial charge in [-0.1, -0.05) is 6.08 Å². The normalized spacial score (nSPS) is 22.7. The molecule has 1 aliphatic heterocycles. The van der Waals surface area contributed by atoms with E-state index in [0.717, 1.165) is 19.4 Å². The quantitative estimate of drug-likeness (QED) is 0.637. The minimum atomic E-state index is 0.258. The average Bonchev–Trinajstić information content (AvgIpc) is 2.03. The summed E-state index contributed by atoms with van der Waals surface area (Å²) in [5, 5.41) is 0. The molecule has 0 aliphatic carbocycles. The fraction of sp³-hybridized carbons (Fsp3) is 0.500. The fourth-order valence-electron chi connectivity index (χ4n) is 0.908. The van der Waals surface area contributed by atoms with Crippen LogP contribution >= 0.6 is 0 Å². The Bertz CT molecular complexity index is 140. The van der Waals surface area contributed by atoms with Crippen LogP contribution in [0.2, 0.25) is 0 Å². The van der Waals surface area contributed by atoms with Crippen molar-refractivity contribution in [3.05, 3.63) is 24.5 Å². The lowest BCUT2D eigenvalue weighted by molar-refractivity contribution is 0.172. The van der Waals surface area contributed by atoms with Gasteiger partial charge in [0, 0.05) is 0 Å². The first-order chi connectivity index (χ1) is 4.93. The van der Waals surface area contributed by atoms with Crippen LogP contribution in [0.4, 0.5) is 0 Å². The molecule has 0 radical (unpaired) electrons. The Kier molecular flexibility index (Phi) is 3.03. The topological polar surface area (TPSA) is 35.2 Å². The van der Waals surface area contributed by atoms with Crippen LogP contribution in [0.1, 0.15) is 12.8 Å². The third-order valence-corrected chi connectivity index (χ3v) is 1.46. The van der Waals surface area contributed by atoms with E-state index in [-0.39, 0.29) is 6.10 Å². The summed E-state index contributed by atoms with van der Waals surface area (Å²) in [6.07, 6.45) is 9.98. The molecule has 0 bridgehead atoms. The minimum Gasteiger partial charge on any atom is -0.494 e. The Morgan fingerprint density at radius 1 is 1.40 bits per heavy atom. The second-order valence-corrected chi connectivity index (χ2v) is 2.32. The molecule has 0 spiro atoms. The molecule has 0 saturated heterocycles. The van der Waals surface area contributed by atoms with Crippen molar-refractivity contribution in [1.29, 1.82) is 0 Å². The maximum atomic E-state index is 5.35. The number of rotatable bonds is 3. The van der Waals surface area contributed by atoms with E-state index in [0.29, 0.717) is 0 Å². The summed E-state index contributed by atoms with van der Waals surface area (Å²) in [7, 11) is 0. The monoisotopic (exact) mass is 139 g/mol. The number of allylic oxidation sites excluding steroid dienone is 2. The molecule has 56 valence electrons. The molecular weight excluding hydrogens is 126 g/mol. The molecule has 1 unspecified atom stereocenters. The SMILES string of the molecule is NCCCC1C=CC=CO1. The lowest BCUT2D eigenvalue weighted by Gasteiger charge is -2.13. The Labute approximate surface area is 61.4 Å². The van der Waals surface area contributed by atoms with Crippen LogP contribution in [0, 0.1) is 0 Å². The standard InChI is InChI=1S/C8H13NO/c9-6-3-5-8-4-1-2-7-10-8/h1-2,4,7-8H,3,5-6,9H2. The second kappa shape index (κ2) is 4.12. The van der Waals surface area contributed by atoms with E-state index in [9.17, 15) is 0 Å². The van der Waals surface area contributed by atoms with Gasteiger partial charge in [-0.2, -0.15) is 0 Å². The molecule has 1 rings (SSSR count). The smallest absolute Gasteiger partial charge is 0.116 e. The van der Waals surface area contributed by atoms with E-state index in [2.05, 4.69) is 6.08 Å². The number of ether oxygens (including phenoxy) is 1. The molecule has 1 heterocycles. The Hall–Kier alpha value is -0.760. The van der Waals surface area contributed by atoms with Crippen molar-refractivity contribution >= 4 is 0 Å². The largest absolute Gasteiger partial charge is 0.494 e. The molecule has 0 amide bonds. The summed E-state index contributed by atoms with van der Waals surface area (Å²) >= 11 is 0. The fourth-order valence-corrected chi connectivity index (χ4v) is 0.908. The first-order valence-corrected chi connectivity index (χ1v) is 3.62. The van der Waals surface area contributed by atoms with Crippen molar-refractivity contribution in [2.75, 3.05) is 6.54 Å². The molecule has 0 aromatic rings. The van der Waals surface area contributed by atoms with Gasteiger partial charge in [0.05, 0.1) is 6.26 Å². The summed E-state index contributed by atoms with van der Waals surface area (Å²) in [6.45, 7) is 0.747. The predicted molar refractivity (Wildman–Crippen MR) is 41.4 cm³/mol. The van der Waals surface area contributed by atoms with E-state index in [1.807, 2.05) is 12.2 Å². The summed E-state index contributed by atoms with van der Waals surface area (Å²) in [5.41, 5.74) is 5.35. The highest BCUT2D eigenvalue weighted by Crippen LogP contribution is 2.07. The molecule has 0 saturated carbocycles. The van der Waals surface area contributed by atoms with Gasteiger partial charge in [-0.3, -0.25) is 0 Å². The van der Waals surface area contributed by atoms with Gasteiger partial charge in [0.1, 0.15) is 6.10 Å². The van der Waals surface area contributed by atoms with Gasteiger partial charge in [-0.25, -0.2) is 0 Å². The molecule has 2 heteroatoms. The van der Waals surface area contributed by atoms with E-state index in [4.69, 9.17) is 10.5 Å². The number of hydrogen-bond donors (Lipinski definition) is 1. The third-order valence-electron chi connectivity index (χ3n) is 1.46. The van der Waals surface area contributed by atoms with Crippen molar-refractivity contribution in [2.24, 2.45) is 5.73 Å². The van der Waals surface area contributed by atoms with Crippen LogP contribution < -0.4 is 5.73 Å².